The number of aromatic nitrogens is 2. The summed E-state index contributed by atoms with van der Waals surface area (Å²) in [5.74, 6) is 0.634. The molecule has 21 heavy (non-hydrogen) atoms. The van der Waals surface area contributed by atoms with Crippen molar-refractivity contribution in [2.75, 3.05) is 12.3 Å². The Morgan fingerprint density at radius 3 is 2.81 bits per heavy atom. The lowest BCUT2D eigenvalue weighted by molar-refractivity contribution is 0.0521. The van der Waals surface area contributed by atoms with Crippen LogP contribution >= 0.6 is 0 Å². The van der Waals surface area contributed by atoms with Crippen molar-refractivity contribution < 1.29 is 9.53 Å². The molecule has 1 heterocycles. The van der Waals surface area contributed by atoms with Crippen LogP contribution in [0.25, 0.3) is 0 Å². The number of nitrogen functional groups attached to an aromatic ring is 1. The quantitative estimate of drug-likeness (QED) is 0.858. The molecule has 0 bridgehead atoms. The number of carbonyl (C=O) groups is 1. The molecule has 0 aliphatic rings. The Morgan fingerprint density at radius 1 is 1.38 bits per heavy atom. The predicted octanol–water partition coefficient (Wildman–Crippen LogP) is 2.50. The number of benzene rings is 1. The summed E-state index contributed by atoms with van der Waals surface area (Å²) in [6.07, 6.45) is 0.839. The van der Waals surface area contributed by atoms with Crippen LogP contribution in [-0.4, -0.2) is 22.1 Å². The zero-order chi connectivity index (χ0) is 15.4. The number of carbonyl (C=O) groups excluding carboxylic acids is 1. The summed E-state index contributed by atoms with van der Waals surface area (Å²) in [6, 6.07) is 8.34. The predicted molar refractivity (Wildman–Crippen MR) is 82.2 cm³/mol. The maximum atomic E-state index is 11.8. The Hall–Kier alpha value is -2.30. The van der Waals surface area contributed by atoms with Crippen molar-refractivity contribution >= 4 is 11.8 Å². The van der Waals surface area contributed by atoms with Crippen molar-refractivity contribution in [1.29, 1.82) is 0 Å². The fraction of sp³-hybridized carbons (Fsp3) is 0.375. The molecule has 2 aromatic rings. The number of aryl methyl sites for hydroxylation is 3. The van der Waals surface area contributed by atoms with E-state index in [-0.39, 0.29) is 5.69 Å². The van der Waals surface area contributed by atoms with E-state index >= 15 is 0 Å². The van der Waals surface area contributed by atoms with Gasteiger partial charge in [-0.2, -0.15) is 0 Å². The van der Waals surface area contributed by atoms with Gasteiger partial charge in [-0.25, -0.2) is 9.78 Å². The molecule has 5 heteroatoms. The van der Waals surface area contributed by atoms with E-state index in [9.17, 15) is 4.79 Å². The van der Waals surface area contributed by atoms with Gasteiger partial charge in [0.2, 0.25) is 0 Å². The van der Waals surface area contributed by atoms with Crippen LogP contribution in [0.2, 0.25) is 0 Å². The summed E-state index contributed by atoms with van der Waals surface area (Å²) in [4.78, 5) is 16.0. The maximum Gasteiger partial charge on any atom is 0.360 e. The van der Waals surface area contributed by atoms with Crippen LogP contribution in [0, 0.1) is 13.8 Å². The first-order valence-electron chi connectivity index (χ1n) is 7.08. The molecule has 0 spiro atoms. The first-order valence-corrected chi connectivity index (χ1v) is 7.08. The van der Waals surface area contributed by atoms with E-state index in [1.165, 1.54) is 11.1 Å². The van der Waals surface area contributed by atoms with E-state index in [1.807, 2.05) is 17.6 Å². The molecule has 0 saturated carbocycles. The zero-order valence-electron chi connectivity index (χ0n) is 12.7. The van der Waals surface area contributed by atoms with Gasteiger partial charge < -0.3 is 15.0 Å². The monoisotopic (exact) mass is 287 g/mol. The fourth-order valence-electron chi connectivity index (χ4n) is 2.32. The second kappa shape index (κ2) is 6.43. The van der Waals surface area contributed by atoms with Crippen molar-refractivity contribution in [3.63, 3.8) is 0 Å². The van der Waals surface area contributed by atoms with Gasteiger partial charge in [0.15, 0.2) is 5.69 Å². The lowest BCUT2D eigenvalue weighted by atomic mass is 10.1. The van der Waals surface area contributed by atoms with Crippen LogP contribution in [0.3, 0.4) is 0 Å². The normalized spacial score (nSPS) is 10.6. The Morgan fingerprint density at radius 2 is 2.14 bits per heavy atom. The van der Waals surface area contributed by atoms with Gasteiger partial charge in [0.25, 0.3) is 0 Å². The zero-order valence-corrected chi connectivity index (χ0v) is 12.7. The van der Waals surface area contributed by atoms with E-state index in [0.29, 0.717) is 19.0 Å². The highest BCUT2D eigenvalue weighted by atomic mass is 16.5. The average molecular weight is 287 g/mol. The van der Waals surface area contributed by atoms with Crippen LogP contribution in [0.1, 0.15) is 34.4 Å². The van der Waals surface area contributed by atoms with E-state index in [0.717, 1.165) is 12.2 Å². The third-order valence-electron chi connectivity index (χ3n) is 3.37. The molecule has 1 aromatic carbocycles. The Kier molecular flexibility index (Phi) is 4.62. The highest BCUT2D eigenvalue weighted by Gasteiger charge is 2.19. The number of nitrogens with two attached hydrogens (primary N) is 1. The van der Waals surface area contributed by atoms with Gasteiger partial charge in [0, 0.05) is 6.54 Å². The summed E-state index contributed by atoms with van der Waals surface area (Å²) in [5, 5.41) is 0. The van der Waals surface area contributed by atoms with Crippen LogP contribution in [-0.2, 0) is 17.7 Å². The third kappa shape index (κ3) is 3.42. The second-order valence-corrected chi connectivity index (χ2v) is 5.00. The van der Waals surface area contributed by atoms with Gasteiger partial charge in [-0.1, -0.05) is 29.8 Å². The summed E-state index contributed by atoms with van der Waals surface area (Å²) < 4.78 is 6.82. The number of imidazole rings is 1. The smallest absolute Gasteiger partial charge is 0.360 e. The molecule has 2 rings (SSSR count). The van der Waals surface area contributed by atoms with Gasteiger partial charge in [0.05, 0.1) is 6.61 Å². The summed E-state index contributed by atoms with van der Waals surface area (Å²) >= 11 is 0. The topological polar surface area (TPSA) is 70.1 Å². The molecule has 0 saturated heterocycles. The van der Waals surface area contributed by atoms with Crippen molar-refractivity contribution in [2.24, 2.45) is 0 Å². The van der Waals surface area contributed by atoms with Gasteiger partial charge in [-0.05, 0) is 32.8 Å². The molecule has 0 aliphatic carbocycles. The number of hydrogen-bond acceptors (Lipinski definition) is 4. The SMILES string of the molecule is CCOC(=O)c1nc(C)n(CCc2cccc(C)c2)c1N. The van der Waals surface area contributed by atoms with Crippen molar-refractivity contribution in [1.82, 2.24) is 9.55 Å². The van der Waals surface area contributed by atoms with E-state index < -0.39 is 5.97 Å². The Bertz CT molecular complexity index is 647. The summed E-state index contributed by atoms with van der Waals surface area (Å²) in [6.45, 7) is 6.67. The largest absolute Gasteiger partial charge is 0.461 e. The molecule has 0 fully saturated rings. The van der Waals surface area contributed by atoms with Gasteiger partial charge in [-0.15, -0.1) is 0 Å². The molecular weight excluding hydrogens is 266 g/mol. The number of nitrogens with zero attached hydrogens (tertiary/aromatic N) is 2. The highest BCUT2D eigenvalue weighted by Crippen LogP contribution is 2.16. The minimum atomic E-state index is -0.465. The minimum Gasteiger partial charge on any atom is -0.461 e. The molecule has 0 atom stereocenters. The third-order valence-corrected chi connectivity index (χ3v) is 3.37. The molecule has 5 nitrogen and oxygen atoms in total. The molecular formula is C16H21N3O2. The summed E-state index contributed by atoms with van der Waals surface area (Å²) in [5.41, 5.74) is 8.70. The van der Waals surface area contributed by atoms with E-state index in [2.05, 4.69) is 30.1 Å². The van der Waals surface area contributed by atoms with Crippen molar-refractivity contribution in [2.45, 2.75) is 33.7 Å². The first kappa shape index (κ1) is 15.1. The number of rotatable bonds is 5. The molecule has 0 amide bonds. The molecule has 1 aromatic heterocycles. The van der Waals surface area contributed by atoms with Crippen LogP contribution < -0.4 is 5.73 Å². The lowest BCUT2D eigenvalue weighted by Gasteiger charge is -2.08. The minimum absolute atomic E-state index is 0.207. The summed E-state index contributed by atoms with van der Waals surface area (Å²) in [7, 11) is 0. The Balaban J connectivity index is 2.15. The highest BCUT2D eigenvalue weighted by molar-refractivity contribution is 5.92. The Labute approximate surface area is 124 Å². The maximum absolute atomic E-state index is 11.8. The number of ether oxygens (including phenoxy) is 1. The van der Waals surface area contributed by atoms with Crippen LogP contribution in [0.5, 0.6) is 0 Å². The average Bonchev–Trinajstić information content (AvgIpc) is 2.72. The van der Waals surface area contributed by atoms with Crippen LogP contribution in [0.4, 0.5) is 5.82 Å². The van der Waals surface area contributed by atoms with E-state index in [4.69, 9.17) is 10.5 Å². The molecule has 0 unspecified atom stereocenters. The van der Waals surface area contributed by atoms with Gasteiger partial charge in [-0.3, -0.25) is 0 Å². The fourth-order valence-corrected chi connectivity index (χ4v) is 2.32. The van der Waals surface area contributed by atoms with Gasteiger partial charge in [0.1, 0.15) is 11.6 Å². The van der Waals surface area contributed by atoms with E-state index in [1.54, 1.807) is 6.92 Å². The lowest BCUT2D eigenvalue weighted by Crippen LogP contribution is -2.11. The van der Waals surface area contributed by atoms with Crippen molar-refractivity contribution in [3.05, 3.63) is 46.9 Å². The van der Waals surface area contributed by atoms with Crippen LogP contribution in [0.15, 0.2) is 24.3 Å². The number of esters is 1. The molecule has 0 aliphatic heterocycles. The first-order chi connectivity index (χ1) is 10.0. The van der Waals surface area contributed by atoms with Crippen molar-refractivity contribution in [3.8, 4) is 0 Å². The van der Waals surface area contributed by atoms with Gasteiger partial charge >= 0.3 is 5.97 Å². The standard InChI is InChI=1S/C16H21N3O2/c1-4-21-16(20)14-15(17)19(12(3)18-14)9-8-13-7-5-6-11(2)10-13/h5-7,10H,4,8-9,17H2,1-3H3. The second-order valence-electron chi connectivity index (χ2n) is 5.00. The molecule has 2 N–H and O–H groups in total. The molecule has 112 valence electrons. The number of anilines is 1. The number of hydrogen-bond donors (Lipinski definition) is 1. The molecule has 0 radical (unpaired) electrons.